The third-order valence-corrected chi connectivity index (χ3v) is 5.03. The predicted molar refractivity (Wildman–Crippen MR) is 87.0 cm³/mol. The fourth-order valence-electron chi connectivity index (χ4n) is 2.13. The highest BCUT2D eigenvalue weighted by molar-refractivity contribution is 8.26. The van der Waals surface area contributed by atoms with Crippen molar-refractivity contribution in [3.05, 3.63) is 46.6 Å². The molecule has 0 bridgehead atoms. The van der Waals surface area contributed by atoms with Crippen LogP contribution >= 0.6 is 24.0 Å². The molecule has 0 heterocycles. The first-order valence-corrected chi connectivity index (χ1v) is 7.61. The van der Waals surface area contributed by atoms with Gasteiger partial charge in [-0.05, 0) is 11.5 Å². The molecule has 0 aliphatic heterocycles. The maximum atomic E-state index is 12.2. The summed E-state index contributed by atoms with van der Waals surface area (Å²) in [7, 11) is 3.65. The lowest BCUT2D eigenvalue weighted by Gasteiger charge is -2.24. The minimum atomic E-state index is -0.0307. The normalized spacial score (nSPS) is 19.1. The number of ketones is 1. The van der Waals surface area contributed by atoms with Crippen LogP contribution in [0.4, 0.5) is 0 Å². The topological polar surface area (TPSA) is 40.5 Å². The van der Waals surface area contributed by atoms with E-state index >= 15 is 0 Å². The molecule has 0 spiro atoms. The Morgan fingerprint density at radius 3 is 2.50 bits per heavy atom. The van der Waals surface area contributed by atoms with E-state index in [9.17, 15) is 9.90 Å². The molecule has 20 heavy (non-hydrogen) atoms. The molecule has 1 aliphatic carbocycles. The Kier molecular flexibility index (Phi) is 4.83. The summed E-state index contributed by atoms with van der Waals surface area (Å²) < 4.78 is 0.582. The molecule has 1 aromatic carbocycles. The highest BCUT2D eigenvalue weighted by atomic mass is 32.2. The highest BCUT2D eigenvalue weighted by Crippen LogP contribution is 2.38. The van der Waals surface area contributed by atoms with Gasteiger partial charge in [-0.3, -0.25) is 4.79 Å². The molecule has 0 saturated heterocycles. The fraction of sp³-hybridized carbons (Fsp3) is 0.333. The standard InChI is InChI=1S/C15H17NO2S2/c1-16(2)15(19)20-14-12(17)8-11(9-13(14)18)10-6-4-3-5-7-10/h3-7,11,17H,8-9H2,1-2H3. The zero-order valence-corrected chi connectivity index (χ0v) is 13.1. The van der Waals surface area contributed by atoms with E-state index in [1.54, 1.807) is 4.90 Å². The number of benzene rings is 1. The smallest absolute Gasteiger partial charge is 0.173 e. The average Bonchev–Trinajstić information content (AvgIpc) is 2.43. The molecule has 2 rings (SSSR count). The summed E-state index contributed by atoms with van der Waals surface area (Å²) in [5.74, 6) is 0.182. The van der Waals surface area contributed by atoms with Gasteiger partial charge in [0.1, 0.15) is 10.1 Å². The maximum Gasteiger partial charge on any atom is 0.173 e. The molecule has 0 fully saturated rings. The van der Waals surface area contributed by atoms with Crippen LogP contribution in [0.2, 0.25) is 0 Å². The average molecular weight is 307 g/mol. The Morgan fingerprint density at radius 2 is 1.95 bits per heavy atom. The van der Waals surface area contributed by atoms with Gasteiger partial charge < -0.3 is 10.0 Å². The van der Waals surface area contributed by atoms with Crippen molar-refractivity contribution in [2.45, 2.75) is 18.8 Å². The number of thiocarbonyl (C=S) groups is 1. The van der Waals surface area contributed by atoms with Gasteiger partial charge in [0.2, 0.25) is 0 Å². The number of hydrogen-bond donors (Lipinski definition) is 1. The lowest BCUT2D eigenvalue weighted by molar-refractivity contribution is -0.115. The molecule has 0 saturated carbocycles. The van der Waals surface area contributed by atoms with Gasteiger partial charge in [-0.25, -0.2) is 0 Å². The summed E-state index contributed by atoms with van der Waals surface area (Å²) in [6, 6.07) is 9.83. The summed E-state index contributed by atoms with van der Waals surface area (Å²) in [6.45, 7) is 0. The van der Waals surface area contributed by atoms with Crippen LogP contribution in [0.1, 0.15) is 24.3 Å². The Hall–Kier alpha value is -1.33. The van der Waals surface area contributed by atoms with Crippen LogP contribution < -0.4 is 0 Å². The van der Waals surface area contributed by atoms with Crippen molar-refractivity contribution in [3.63, 3.8) is 0 Å². The number of carbonyl (C=O) groups excluding carboxylic acids is 1. The van der Waals surface area contributed by atoms with Gasteiger partial charge in [-0.15, -0.1) is 0 Å². The third-order valence-electron chi connectivity index (χ3n) is 3.21. The monoisotopic (exact) mass is 307 g/mol. The van der Waals surface area contributed by atoms with Crippen LogP contribution in [-0.2, 0) is 4.79 Å². The van der Waals surface area contributed by atoms with E-state index in [2.05, 4.69) is 0 Å². The molecular weight excluding hydrogens is 290 g/mol. The number of rotatable bonds is 2. The minimum Gasteiger partial charge on any atom is -0.511 e. The van der Waals surface area contributed by atoms with Crippen molar-refractivity contribution in [1.29, 1.82) is 0 Å². The van der Waals surface area contributed by atoms with Crippen LogP contribution in [0.15, 0.2) is 41.0 Å². The van der Waals surface area contributed by atoms with Crippen molar-refractivity contribution >= 4 is 34.1 Å². The summed E-state index contributed by atoms with van der Waals surface area (Å²) >= 11 is 6.36. The van der Waals surface area contributed by atoms with Gasteiger partial charge in [0, 0.05) is 26.9 Å². The molecular formula is C15H17NO2S2. The number of thioether (sulfide) groups is 1. The largest absolute Gasteiger partial charge is 0.511 e. The first-order valence-electron chi connectivity index (χ1n) is 6.38. The van der Waals surface area contributed by atoms with E-state index in [0.717, 1.165) is 5.56 Å². The molecule has 1 N–H and O–H groups in total. The predicted octanol–water partition coefficient (Wildman–Crippen LogP) is 3.48. The van der Waals surface area contributed by atoms with E-state index in [4.69, 9.17) is 12.2 Å². The quantitative estimate of drug-likeness (QED) is 0.847. The van der Waals surface area contributed by atoms with Crippen LogP contribution in [0.3, 0.4) is 0 Å². The van der Waals surface area contributed by atoms with Crippen molar-refractivity contribution < 1.29 is 9.90 Å². The number of hydrogen-bond acceptors (Lipinski definition) is 4. The lowest BCUT2D eigenvalue weighted by atomic mass is 9.86. The van der Waals surface area contributed by atoms with E-state index in [-0.39, 0.29) is 17.5 Å². The summed E-state index contributed by atoms with van der Waals surface area (Å²) in [4.78, 5) is 14.4. The van der Waals surface area contributed by atoms with Gasteiger partial charge in [0.25, 0.3) is 0 Å². The van der Waals surface area contributed by atoms with Crippen LogP contribution in [-0.4, -0.2) is 34.2 Å². The molecule has 0 radical (unpaired) electrons. The zero-order chi connectivity index (χ0) is 14.7. The Bertz CT molecular complexity index is 552. The summed E-state index contributed by atoms with van der Waals surface area (Å²) in [5.41, 5.74) is 1.09. The molecule has 1 aliphatic rings. The first-order chi connectivity index (χ1) is 9.49. The molecule has 0 amide bonds. The summed E-state index contributed by atoms with van der Waals surface area (Å²) in [6.07, 6.45) is 0.917. The molecule has 0 aromatic heterocycles. The fourth-order valence-corrected chi connectivity index (χ4v) is 3.14. The lowest BCUT2D eigenvalue weighted by Crippen LogP contribution is -2.21. The molecule has 1 unspecified atom stereocenters. The van der Waals surface area contributed by atoms with Crippen molar-refractivity contribution in [2.24, 2.45) is 0 Å². The molecule has 5 heteroatoms. The van der Waals surface area contributed by atoms with Crippen molar-refractivity contribution in [3.8, 4) is 0 Å². The van der Waals surface area contributed by atoms with Crippen LogP contribution in [0.25, 0.3) is 0 Å². The Morgan fingerprint density at radius 1 is 1.30 bits per heavy atom. The Labute approximate surface area is 128 Å². The number of aliphatic hydroxyl groups excluding tert-OH is 1. The van der Waals surface area contributed by atoms with Gasteiger partial charge in [-0.1, -0.05) is 54.3 Å². The number of nitrogens with zero attached hydrogens (tertiary/aromatic N) is 1. The third kappa shape index (κ3) is 3.41. The molecule has 106 valence electrons. The van der Waals surface area contributed by atoms with E-state index in [0.29, 0.717) is 22.1 Å². The van der Waals surface area contributed by atoms with Crippen molar-refractivity contribution in [1.82, 2.24) is 4.90 Å². The SMILES string of the molecule is CN(C)C(=S)SC1=C(O)CC(c2ccccc2)CC1=O. The zero-order valence-electron chi connectivity index (χ0n) is 11.5. The van der Waals surface area contributed by atoms with Gasteiger partial charge in [-0.2, -0.15) is 0 Å². The van der Waals surface area contributed by atoms with E-state index < -0.39 is 0 Å². The molecule has 1 aromatic rings. The van der Waals surface area contributed by atoms with Crippen LogP contribution in [0.5, 0.6) is 0 Å². The van der Waals surface area contributed by atoms with Gasteiger partial charge in [0.15, 0.2) is 5.78 Å². The summed E-state index contributed by atoms with van der Waals surface area (Å²) in [5, 5.41) is 10.2. The van der Waals surface area contributed by atoms with E-state index in [1.807, 2.05) is 44.4 Å². The second-order valence-electron chi connectivity index (χ2n) is 4.98. The molecule has 1 atom stereocenters. The second kappa shape index (κ2) is 6.41. The highest BCUT2D eigenvalue weighted by Gasteiger charge is 2.29. The molecule has 3 nitrogen and oxygen atoms in total. The number of allylic oxidation sites excluding steroid dienone is 2. The van der Waals surface area contributed by atoms with Gasteiger partial charge in [0.05, 0.1) is 4.91 Å². The number of Topliss-reactive ketones (excluding diaryl/α,β-unsaturated/α-hetero) is 1. The number of carbonyl (C=O) groups is 1. The first kappa shape index (κ1) is 15.1. The van der Waals surface area contributed by atoms with E-state index in [1.165, 1.54) is 11.8 Å². The van der Waals surface area contributed by atoms with Gasteiger partial charge >= 0.3 is 0 Å². The number of aliphatic hydroxyl groups is 1. The van der Waals surface area contributed by atoms with Crippen LogP contribution in [0, 0.1) is 0 Å². The Balaban J connectivity index is 2.17. The minimum absolute atomic E-state index is 0.0307. The van der Waals surface area contributed by atoms with Crippen molar-refractivity contribution in [2.75, 3.05) is 14.1 Å². The maximum absolute atomic E-state index is 12.2. The second-order valence-corrected chi connectivity index (χ2v) is 6.62.